The number of morpholine rings is 1. The van der Waals surface area contributed by atoms with E-state index in [4.69, 9.17) is 4.74 Å². The number of nitrogens with zero attached hydrogens (tertiary/aromatic N) is 2. The monoisotopic (exact) mass is 281 g/mol. The first-order valence-electron chi connectivity index (χ1n) is 7.01. The number of anilines is 1. The van der Waals surface area contributed by atoms with Gasteiger partial charge in [-0.3, -0.25) is 10.00 Å². The van der Waals surface area contributed by atoms with Crippen LogP contribution in [0.4, 0.5) is 10.5 Å². The highest BCUT2D eigenvalue weighted by molar-refractivity contribution is 5.88. The van der Waals surface area contributed by atoms with Crippen molar-refractivity contribution >= 4 is 11.7 Å². The Labute approximate surface area is 119 Å². The number of hydrogen-bond acceptors (Lipinski definition) is 4. The summed E-state index contributed by atoms with van der Waals surface area (Å²) in [6, 6.07) is -0.240. The van der Waals surface area contributed by atoms with Crippen LogP contribution in [0.5, 0.6) is 0 Å². The van der Waals surface area contributed by atoms with Gasteiger partial charge < -0.3 is 15.4 Å². The Balaban J connectivity index is 1.69. The second-order valence-electron chi connectivity index (χ2n) is 5.47. The molecule has 0 unspecified atom stereocenters. The van der Waals surface area contributed by atoms with E-state index in [1.807, 2.05) is 0 Å². The molecule has 0 aromatic carbocycles. The predicted octanol–water partition coefficient (Wildman–Crippen LogP) is 0.888. The molecule has 1 fully saturated rings. The number of urea groups is 1. The van der Waals surface area contributed by atoms with Crippen LogP contribution in [-0.2, 0) is 4.74 Å². The number of carbonyl (C=O) groups excluding carboxylic acids is 1. The molecule has 1 saturated heterocycles. The Bertz CT molecular complexity index is 407. The summed E-state index contributed by atoms with van der Waals surface area (Å²) in [4.78, 5) is 14.1. The molecule has 1 atom stereocenters. The fourth-order valence-corrected chi connectivity index (χ4v) is 2.29. The summed E-state index contributed by atoms with van der Waals surface area (Å²) >= 11 is 0. The van der Waals surface area contributed by atoms with E-state index in [-0.39, 0.29) is 12.1 Å². The van der Waals surface area contributed by atoms with Crippen molar-refractivity contribution in [3.05, 3.63) is 12.4 Å². The van der Waals surface area contributed by atoms with E-state index in [2.05, 4.69) is 39.6 Å². The maximum atomic E-state index is 11.7. The quantitative estimate of drug-likeness (QED) is 0.748. The Kier molecular flexibility index (Phi) is 5.37. The van der Waals surface area contributed by atoms with E-state index in [0.29, 0.717) is 18.2 Å². The van der Waals surface area contributed by atoms with E-state index >= 15 is 0 Å². The number of hydrogen-bond donors (Lipinski definition) is 3. The molecule has 1 aromatic heterocycles. The number of carbonyl (C=O) groups is 1. The highest BCUT2D eigenvalue weighted by atomic mass is 16.5. The van der Waals surface area contributed by atoms with Crippen molar-refractivity contribution in [1.29, 1.82) is 0 Å². The smallest absolute Gasteiger partial charge is 0.319 e. The van der Waals surface area contributed by atoms with Crippen molar-refractivity contribution in [3.63, 3.8) is 0 Å². The largest absolute Gasteiger partial charge is 0.374 e. The molecule has 0 radical (unpaired) electrons. The summed E-state index contributed by atoms with van der Waals surface area (Å²) in [5, 5.41) is 11.9. The molecule has 2 amide bonds. The molecule has 0 bridgehead atoms. The molecule has 0 saturated carbocycles. The zero-order valence-corrected chi connectivity index (χ0v) is 12.1. The second-order valence-corrected chi connectivity index (χ2v) is 5.47. The fraction of sp³-hybridized carbons (Fsp3) is 0.692. The number of rotatable bonds is 5. The van der Waals surface area contributed by atoms with Gasteiger partial charge >= 0.3 is 6.03 Å². The molecule has 20 heavy (non-hydrogen) atoms. The first kappa shape index (κ1) is 14.8. The van der Waals surface area contributed by atoms with Crippen LogP contribution in [0.2, 0.25) is 0 Å². The van der Waals surface area contributed by atoms with Gasteiger partial charge in [0, 0.05) is 32.4 Å². The van der Waals surface area contributed by atoms with Crippen LogP contribution in [0.25, 0.3) is 0 Å². The zero-order valence-electron chi connectivity index (χ0n) is 12.1. The summed E-state index contributed by atoms with van der Waals surface area (Å²) in [6.45, 7) is 8.56. The number of ether oxygens (including phenoxy) is 1. The average Bonchev–Trinajstić information content (AvgIpc) is 2.89. The van der Waals surface area contributed by atoms with Crippen molar-refractivity contribution in [2.75, 3.05) is 38.1 Å². The van der Waals surface area contributed by atoms with Gasteiger partial charge in [0.15, 0.2) is 0 Å². The first-order chi connectivity index (χ1) is 9.63. The van der Waals surface area contributed by atoms with Crippen LogP contribution < -0.4 is 10.6 Å². The third-order valence-corrected chi connectivity index (χ3v) is 3.09. The van der Waals surface area contributed by atoms with E-state index in [1.165, 1.54) is 0 Å². The Morgan fingerprint density at radius 2 is 2.50 bits per heavy atom. The van der Waals surface area contributed by atoms with Crippen LogP contribution >= 0.6 is 0 Å². The minimum Gasteiger partial charge on any atom is -0.374 e. The molecule has 1 aliphatic rings. The van der Waals surface area contributed by atoms with Gasteiger partial charge in [-0.2, -0.15) is 5.10 Å². The highest BCUT2D eigenvalue weighted by Crippen LogP contribution is 2.07. The fourth-order valence-electron chi connectivity index (χ4n) is 2.29. The summed E-state index contributed by atoms with van der Waals surface area (Å²) in [5.74, 6) is 0.645. The van der Waals surface area contributed by atoms with E-state index < -0.39 is 0 Å². The Morgan fingerprint density at radius 1 is 1.65 bits per heavy atom. The molecule has 3 N–H and O–H groups in total. The van der Waals surface area contributed by atoms with Crippen LogP contribution in [-0.4, -0.2) is 60.0 Å². The van der Waals surface area contributed by atoms with Crippen LogP contribution in [0, 0.1) is 5.92 Å². The topological polar surface area (TPSA) is 82.3 Å². The zero-order chi connectivity index (χ0) is 14.4. The van der Waals surface area contributed by atoms with Crippen molar-refractivity contribution in [2.24, 2.45) is 5.92 Å². The van der Waals surface area contributed by atoms with E-state index in [1.54, 1.807) is 12.4 Å². The van der Waals surface area contributed by atoms with Crippen LogP contribution in [0.3, 0.4) is 0 Å². The maximum Gasteiger partial charge on any atom is 0.319 e. The van der Waals surface area contributed by atoms with E-state index in [0.717, 1.165) is 26.2 Å². The number of H-pyrrole nitrogens is 1. The summed E-state index contributed by atoms with van der Waals surface area (Å²) in [6.07, 6.45) is 3.24. The number of amides is 2. The van der Waals surface area contributed by atoms with Crippen molar-refractivity contribution in [3.8, 4) is 0 Å². The van der Waals surface area contributed by atoms with Crippen molar-refractivity contribution in [1.82, 2.24) is 20.4 Å². The minimum atomic E-state index is -0.240. The molecule has 1 aliphatic heterocycles. The van der Waals surface area contributed by atoms with Gasteiger partial charge in [0.1, 0.15) is 0 Å². The molecular weight excluding hydrogens is 258 g/mol. The maximum absolute atomic E-state index is 11.7. The lowest BCUT2D eigenvalue weighted by molar-refractivity contribution is -0.0288. The lowest BCUT2D eigenvalue weighted by atomic mass is 10.2. The molecule has 0 spiro atoms. The van der Waals surface area contributed by atoms with Gasteiger partial charge in [0.25, 0.3) is 0 Å². The van der Waals surface area contributed by atoms with Crippen LogP contribution in [0.15, 0.2) is 12.4 Å². The normalized spacial score (nSPS) is 20.1. The number of nitrogens with one attached hydrogen (secondary N) is 3. The molecular formula is C13H23N5O2. The third kappa shape index (κ3) is 4.82. The number of aromatic nitrogens is 2. The SMILES string of the molecule is CC(C)CN1CCO[C@H](CNC(=O)Nc2cn[nH]c2)C1. The molecule has 0 aliphatic carbocycles. The molecule has 2 rings (SSSR count). The van der Waals surface area contributed by atoms with Gasteiger partial charge in [-0.05, 0) is 5.92 Å². The first-order valence-corrected chi connectivity index (χ1v) is 7.01. The molecule has 2 heterocycles. The van der Waals surface area contributed by atoms with Gasteiger partial charge in [0.2, 0.25) is 0 Å². The number of aromatic amines is 1. The van der Waals surface area contributed by atoms with E-state index in [9.17, 15) is 4.79 Å². The Hall–Kier alpha value is -1.60. The van der Waals surface area contributed by atoms with Crippen LogP contribution in [0.1, 0.15) is 13.8 Å². The second kappa shape index (κ2) is 7.25. The third-order valence-electron chi connectivity index (χ3n) is 3.09. The van der Waals surface area contributed by atoms with Gasteiger partial charge in [-0.15, -0.1) is 0 Å². The van der Waals surface area contributed by atoms with Gasteiger partial charge in [-0.25, -0.2) is 4.79 Å². The van der Waals surface area contributed by atoms with Gasteiger partial charge in [-0.1, -0.05) is 13.8 Å². The Morgan fingerprint density at radius 3 is 3.20 bits per heavy atom. The standard InChI is InChI=1S/C13H23N5O2/c1-10(2)8-18-3-4-20-12(9-18)7-14-13(19)17-11-5-15-16-6-11/h5-6,10,12H,3-4,7-9H2,1-2H3,(H,15,16)(H2,14,17,19)/t12-/m1/s1. The minimum absolute atomic E-state index is 0.0533. The lowest BCUT2D eigenvalue weighted by Gasteiger charge is -2.33. The summed E-state index contributed by atoms with van der Waals surface area (Å²) in [5.41, 5.74) is 0.647. The van der Waals surface area contributed by atoms with Crippen molar-refractivity contribution in [2.45, 2.75) is 20.0 Å². The highest BCUT2D eigenvalue weighted by Gasteiger charge is 2.21. The molecule has 112 valence electrons. The predicted molar refractivity (Wildman–Crippen MR) is 76.6 cm³/mol. The molecule has 7 nitrogen and oxygen atoms in total. The summed E-state index contributed by atoms with van der Waals surface area (Å²) < 4.78 is 5.67. The van der Waals surface area contributed by atoms with Gasteiger partial charge in [0.05, 0.1) is 24.6 Å². The molecule has 7 heteroatoms. The lowest BCUT2D eigenvalue weighted by Crippen LogP contribution is -2.48. The average molecular weight is 281 g/mol. The molecule has 1 aromatic rings. The summed E-state index contributed by atoms with van der Waals surface area (Å²) in [7, 11) is 0. The van der Waals surface area contributed by atoms with Crippen molar-refractivity contribution < 1.29 is 9.53 Å².